The van der Waals surface area contributed by atoms with Crippen LogP contribution in [0.15, 0.2) is 34.8 Å². The predicted molar refractivity (Wildman–Crippen MR) is 92.3 cm³/mol. The number of hydrogen-bond donors (Lipinski definition) is 1. The summed E-state index contributed by atoms with van der Waals surface area (Å²) in [6.45, 7) is 3.97. The Kier molecular flexibility index (Phi) is 5.59. The largest absolute Gasteiger partial charge is 0.321 e. The molecule has 0 radical (unpaired) electrons. The third-order valence-corrected chi connectivity index (χ3v) is 4.34. The van der Waals surface area contributed by atoms with Crippen molar-refractivity contribution >= 4 is 39.1 Å². The molecule has 2 aromatic rings. The van der Waals surface area contributed by atoms with Crippen LogP contribution in [0.5, 0.6) is 0 Å². The molecule has 2 rings (SSSR count). The highest BCUT2D eigenvalue weighted by molar-refractivity contribution is 9.10. The van der Waals surface area contributed by atoms with Gasteiger partial charge < -0.3 is 5.32 Å². The van der Waals surface area contributed by atoms with Crippen molar-refractivity contribution in [2.75, 3.05) is 5.32 Å². The van der Waals surface area contributed by atoms with E-state index in [0.29, 0.717) is 21.6 Å². The van der Waals surface area contributed by atoms with Gasteiger partial charge in [-0.25, -0.2) is 4.39 Å². The number of nitrogens with one attached hydrogen (secondary N) is 1. The van der Waals surface area contributed by atoms with Gasteiger partial charge >= 0.3 is 0 Å². The standard InChI is InChI=1S/C17H16BrClFNO/c1-3-10-5-8-14(19)12(4-2)16(10)21-17(22)13-7-6-11(18)9-15(13)20/h5-9H,3-4H2,1-2H3,(H,21,22). The Balaban J connectivity index is 2.41. The summed E-state index contributed by atoms with van der Waals surface area (Å²) in [6.07, 6.45) is 1.44. The lowest BCUT2D eigenvalue weighted by Gasteiger charge is -2.16. The molecule has 0 spiro atoms. The zero-order chi connectivity index (χ0) is 16.3. The molecule has 0 heterocycles. The Hall–Kier alpha value is -1.39. The lowest BCUT2D eigenvalue weighted by molar-refractivity contribution is 0.102. The van der Waals surface area contributed by atoms with E-state index >= 15 is 0 Å². The van der Waals surface area contributed by atoms with E-state index in [1.165, 1.54) is 12.1 Å². The maximum atomic E-state index is 13.9. The number of aryl methyl sites for hydroxylation is 1. The number of amides is 1. The van der Waals surface area contributed by atoms with Crippen LogP contribution in [0.1, 0.15) is 35.3 Å². The minimum absolute atomic E-state index is 0.00674. The Bertz CT molecular complexity index is 718. The van der Waals surface area contributed by atoms with Crippen molar-refractivity contribution in [3.05, 3.63) is 62.3 Å². The summed E-state index contributed by atoms with van der Waals surface area (Å²) in [5, 5.41) is 3.42. The summed E-state index contributed by atoms with van der Waals surface area (Å²) in [6, 6.07) is 8.08. The second-order valence-electron chi connectivity index (χ2n) is 4.85. The second-order valence-corrected chi connectivity index (χ2v) is 6.17. The van der Waals surface area contributed by atoms with Crippen molar-refractivity contribution < 1.29 is 9.18 Å². The fourth-order valence-electron chi connectivity index (χ4n) is 2.32. The smallest absolute Gasteiger partial charge is 0.258 e. The van der Waals surface area contributed by atoms with Gasteiger partial charge in [0.15, 0.2) is 0 Å². The first-order valence-corrected chi connectivity index (χ1v) is 8.21. The number of hydrogen-bond acceptors (Lipinski definition) is 1. The monoisotopic (exact) mass is 383 g/mol. The Morgan fingerprint density at radius 1 is 1.23 bits per heavy atom. The first kappa shape index (κ1) is 17.0. The number of carbonyl (C=O) groups excluding carboxylic acids is 1. The van der Waals surface area contributed by atoms with E-state index < -0.39 is 11.7 Å². The lowest BCUT2D eigenvalue weighted by atomic mass is 10.0. The molecule has 0 saturated heterocycles. The molecule has 0 aromatic heterocycles. The van der Waals surface area contributed by atoms with E-state index in [2.05, 4.69) is 21.2 Å². The minimum Gasteiger partial charge on any atom is -0.321 e. The predicted octanol–water partition coefficient (Wildman–Crippen LogP) is 5.62. The molecule has 2 nitrogen and oxygen atoms in total. The zero-order valence-electron chi connectivity index (χ0n) is 12.3. The molecule has 0 unspecified atom stereocenters. The van der Waals surface area contributed by atoms with Crippen molar-refractivity contribution in [3.8, 4) is 0 Å². The molecule has 2 aromatic carbocycles. The molecule has 0 aliphatic heterocycles. The minimum atomic E-state index is -0.565. The first-order chi connectivity index (χ1) is 10.5. The quantitative estimate of drug-likeness (QED) is 0.728. The summed E-state index contributed by atoms with van der Waals surface area (Å²) >= 11 is 9.39. The van der Waals surface area contributed by atoms with Crippen molar-refractivity contribution in [2.24, 2.45) is 0 Å². The van der Waals surface area contributed by atoms with Crippen LogP contribution in [-0.2, 0) is 12.8 Å². The van der Waals surface area contributed by atoms with E-state index in [4.69, 9.17) is 11.6 Å². The molecule has 0 saturated carbocycles. The van der Waals surface area contributed by atoms with Gasteiger partial charge in [0, 0.05) is 15.2 Å². The SMILES string of the molecule is CCc1ccc(Cl)c(CC)c1NC(=O)c1ccc(Br)cc1F. The molecule has 1 N–H and O–H groups in total. The third-order valence-electron chi connectivity index (χ3n) is 3.49. The summed E-state index contributed by atoms with van der Waals surface area (Å²) in [5.74, 6) is -1.04. The molecular formula is C17H16BrClFNO. The van der Waals surface area contributed by atoms with Crippen LogP contribution < -0.4 is 5.32 Å². The van der Waals surface area contributed by atoms with E-state index in [9.17, 15) is 9.18 Å². The van der Waals surface area contributed by atoms with Gasteiger partial charge in [0.1, 0.15) is 5.82 Å². The van der Waals surface area contributed by atoms with Crippen LogP contribution in [0, 0.1) is 5.82 Å². The number of benzene rings is 2. The van der Waals surface area contributed by atoms with Crippen LogP contribution in [0.3, 0.4) is 0 Å². The normalized spacial score (nSPS) is 10.6. The van der Waals surface area contributed by atoms with Crippen LogP contribution in [0.2, 0.25) is 5.02 Å². The third kappa shape index (κ3) is 3.50. The molecular weight excluding hydrogens is 369 g/mol. The van der Waals surface area contributed by atoms with Gasteiger partial charge in [-0.2, -0.15) is 0 Å². The van der Waals surface area contributed by atoms with Gasteiger partial charge in [-0.15, -0.1) is 0 Å². The second kappa shape index (κ2) is 7.25. The summed E-state index contributed by atoms with van der Waals surface area (Å²) in [5.41, 5.74) is 2.54. The van der Waals surface area contributed by atoms with E-state index in [1.807, 2.05) is 26.0 Å². The molecule has 0 fully saturated rings. The van der Waals surface area contributed by atoms with Gasteiger partial charge in [0.2, 0.25) is 0 Å². The van der Waals surface area contributed by atoms with E-state index in [-0.39, 0.29) is 5.56 Å². The van der Waals surface area contributed by atoms with Crippen LogP contribution >= 0.6 is 27.5 Å². The summed E-state index contributed by atoms with van der Waals surface area (Å²) in [7, 11) is 0. The molecule has 0 atom stereocenters. The fourth-order valence-corrected chi connectivity index (χ4v) is 2.95. The first-order valence-electron chi connectivity index (χ1n) is 7.04. The maximum Gasteiger partial charge on any atom is 0.258 e. The Morgan fingerprint density at radius 2 is 1.95 bits per heavy atom. The maximum absolute atomic E-state index is 13.9. The van der Waals surface area contributed by atoms with Gasteiger partial charge in [-0.1, -0.05) is 47.4 Å². The van der Waals surface area contributed by atoms with Crippen LogP contribution in [-0.4, -0.2) is 5.91 Å². The van der Waals surface area contributed by atoms with Crippen LogP contribution in [0.25, 0.3) is 0 Å². The highest BCUT2D eigenvalue weighted by Crippen LogP contribution is 2.30. The number of halogens is 3. The van der Waals surface area contributed by atoms with Crippen molar-refractivity contribution in [2.45, 2.75) is 26.7 Å². The number of rotatable bonds is 4. The Labute approximate surface area is 142 Å². The van der Waals surface area contributed by atoms with Crippen molar-refractivity contribution in [1.82, 2.24) is 0 Å². The molecule has 22 heavy (non-hydrogen) atoms. The number of anilines is 1. The topological polar surface area (TPSA) is 29.1 Å². The van der Waals surface area contributed by atoms with Crippen LogP contribution in [0.4, 0.5) is 10.1 Å². The molecule has 0 bridgehead atoms. The van der Waals surface area contributed by atoms with Gasteiger partial charge in [0.25, 0.3) is 5.91 Å². The highest BCUT2D eigenvalue weighted by Gasteiger charge is 2.17. The van der Waals surface area contributed by atoms with E-state index in [1.54, 1.807) is 6.07 Å². The molecule has 0 aliphatic carbocycles. The van der Waals surface area contributed by atoms with Crippen molar-refractivity contribution in [3.63, 3.8) is 0 Å². The average Bonchev–Trinajstić information content (AvgIpc) is 2.47. The molecule has 1 amide bonds. The zero-order valence-corrected chi connectivity index (χ0v) is 14.7. The van der Waals surface area contributed by atoms with Gasteiger partial charge in [-0.3, -0.25) is 4.79 Å². The molecule has 0 aliphatic rings. The molecule has 5 heteroatoms. The molecule has 116 valence electrons. The Morgan fingerprint density at radius 3 is 2.55 bits per heavy atom. The van der Waals surface area contributed by atoms with Crippen molar-refractivity contribution in [1.29, 1.82) is 0 Å². The summed E-state index contributed by atoms with van der Waals surface area (Å²) in [4.78, 5) is 12.4. The van der Waals surface area contributed by atoms with Gasteiger partial charge in [0.05, 0.1) is 5.56 Å². The van der Waals surface area contributed by atoms with E-state index in [0.717, 1.165) is 17.5 Å². The number of carbonyl (C=O) groups is 1. The lowest BCUT2D eigenvalue weighted by Crippen LogP contribution is -2.16. The average molecular weight is 385 g/mol. The summed E-state index contributed by atoms with van der Waals surface area (Å²) < 4.78 is 14.5. The highest BCUT2D eigenvalue weighted by atomic mass is 79.9. The van der Waals surface area contributed by atoms with Gasteiger partial charge in [-0.05, 0) is 48.2 Å². The fraction of sp³-hybridized carbons (Fsp3) is 0.235.